The van der Waals surface area contributed by atoms with Gasteiger partial charge in [0, 0.05) is 31.2 Å². The molecule has 40 heavy (non-hydrogen) atoms. The van der Waals surface area contributed by atoms with Crippen LogP contribution in [0.4, 0.5) is 0 Å². The van der Waals surface area contributed by atoms with Crippen molar-refractivity contribution in [3.63, 3.8) is 0 Å². The lowest BCUT2D eigenvalue weighted by Crippen LogP contribution is -2.38. The van der Waals surface area contributed by atoms with Crippen molar-refractivity contribution in [1.29, 1.82) is 0 Å². The number of aromatic nitrogens is 1. The molecule has 0 bridgehead atoms. The van der Waals surface area contributed by atoms with E-state index in [1.807, 2.05) is 85.8 Å². The number of hydrogen-bond donors (Lipinski definition) is 2. The smallest absolute Gasteiger partial charge is 0.233 e. The summed E-state index contributed by atoms with van der Waals surface area (Å²) in [7, 11) is 0. The third kappa shape index (κ3) is 7.32. The van der Waals surface area contributed by atoms with Crippen molar-refractivity contribution in [3.05, 3.63) is 121 Å². The number of pyridine rings is 1. The highest BCUT2D eigenvalue weighted by Crippen LogP contribution is 2.27. The lowest BCUT2D eigenvalue weighted by molar-refractivity contribution is -0.141. The van der Waals surface area contributed by atoms with Gasteiger partial charge in [-0.15, -0.1) is 0 Å². The summed E-state index contributed by atoms with van der Waals surface area (Å²) in [5.41, 5.74) is 4.06. The molecule has 2 unspecified atom stereocenters. The Hall–Kier alpha value is -4.52. The normalized spacial score (nSPS) is 16.3. The average molecular weight is 537 g/mol. The van der Waals surface area contributed by atoms with Crippen molar-refractivity contribution in [2.24, 2.45) is 5.92 Å². The van der Waals surface area contributed by atoms with Crippen LogP contribution in [-0.2, 0) is 20.9 Å². The number of likely N-dealkylation sites (tertiary alicyclic amines) is 1. The Bertz CT molecular complexity index is 1340. The summed E-state index contributed by atoms with van der Waals surface area (Å²) >= 11 is 0. The van der Waals surface area contributed by atoms with Gasteiger partial charge in [-0.05, 0) is 29.7 Å². The minimum Gasteiger partial charge on any atom is -0.379 e. The number of rotatable bonds is 14. The molecule has 3 atom stereocenters. The van der Waals surface area contributed by atoms with Crippen LogP contribution in [0.15, 0.2) is 104 Å². The Balaban J connectivity index is 1.37. The standard InChI is InChI=1S/C33H36N4O3/c1-4-28(31(38)20-27-21-32(39)37(33(27)40)22-25-13-7-5-8-14-25)35-23(2)19-30(26-15-9-6-10-16-26)36-24(3)29-17-11-12-18-34-29/h5-18,27-28,30,35-36H,2-4,19-22H2,1H3/t27?,28?,30-/m0/s1. The fraction of sp³-hybridized carbons (Fsp3) is 0.273. The molecule has 1 aliphatic heterocycles. The zero-order chi connectivity index (χ0) is 28.5. The van der Waals surface area contributed by atoms with Crippen molar-refractivity contribution in [3.8, 4) is 0 Å². The van der Waals surface area contributed by atoms with Crippen molar-refractivity contribution in [1.82, 2.24) is 20.5 Å². The minimum absolute atomic E-state index is 0.0193. The first-order valence-electron chi connectivity index (χ1n) is 13.6. The van der Waals surface area contributed by atoms with Crippen LogP contribution in [0.25, 0.3) is 5.70 Å². The van der Waals surface area contributed by atoms with E-state index in [9.17, 15) is 14.4 Å². The Labute approximate surface area is 236 Å². The molecule has 2 amide bonds. The first kappa shape index (κ1) is 28.5. The maximum absolute atomic E-state index is 13.3. The highest BCUT2D eigenvalue weighted by atomic mass is 16.2. The maximum Gasteiger partial charge on any atom is 0.233 e. The molecule has 3 aromatic rings. The quantitative estimate of drug-likeness (QED) is 0.276. The van der Waals surface area contributed by atoms with Gasteiger partial charge in [-0.3, -0.25) is 24.3 Å². The molecule has 7 nitrogen and oxygen atoms in total. The maximum atomic E-state index is 13.3. The number of ketones is 1. The second-order valence-electron chi connectivity index (χ2n) is 10.1. The number of carbonyl (C=O) groups is 3. The Kier molecular flexibility index (Phi) is 9.62. The predicted molar refractivity (Wildman–Crippen MR) is 156 cm³/mol. The van der Waals surface area contributed by atoms with Gasteiger partial charge in [-0.25, -0.2) is 0 Å². The summed E-state index contributed by atoms with van der Waals surface area (Å²) < 4.78 is 0. The SMILES string of the molecule is C=C(C[C@H](NC(=C)c1ccccn1)c1ccccc1)NC(CC)C(=O)CC1CC(=O)N(Cc2ccccc2)C1=O. The molecule has 1 aliphatic rings. The lowest BCUT2D eigenvalue weighted by atomic mass is 9.95. The average Bonchev–Trinajstić information content (AvgIpc) is 3.24. The molecule has 1 saturated heterocycles. The van der Waals surface area contributed by atoms with Crippen molar-refractivity contribution in [2.45, 2.75) is 51.2 Å². The van der Waals surface area contributed by atoms with Crippen LogP contribution in [0.3, 0.4) is 0 Å². The van der Waals surface area contributed by atoms with Gasteiger partial charge in [0.05, 0.1) is 35.9 Å². The highest BCUT2D eigenvalue weighted by molar-refractivity contribution is 6.05. The molecule has 0 spiro atoms. The number of Topliss-reactive ketones (excluding diaryl/α,β-unsaturated/α-hetero) is 1. The number of hydrogen-bond acceptors (Lipinski definition) is 6. The second kappa shape index (κ2) is 13.5. The lowest BCUT2D eigenvalue weighted by Gasteiger charge is -2.25. The van der Waals surface area contributed by atoms with Crippen LogP contribution >= 0.6 is 0 Å². The predicted octanol–water partition coefficient (Wildman–Crippen LogP) is 5.19. The van der Waals surface area contributed by atoms with Crippen molar-refractivity contribution < 1.29 is 14.4 Å². The summed E-state index contributed by atoms with van der Waals surface area (Å²) in [4.78, 5) is 44.5. The summed E-state index contributed by atoms with van der Waals surface area (Å²) in [5.74, 6) is -1.24. The summed E-state index contributed by atoms with van der Waals surface area (Å²) in [6.45, 7) is 10.5. The van der Waals surface area contributed by atoms with E-state index in [4.69, 9.17) is 0 Å². The van der Waals surface area contributed by atoms with Crippen LogP contribution in [0.5, 0.6) is 0 Å². The van der Waals surface area contributed by atoms with E-state index < -0.39 is 12.0 Å². The molecule has 0 radical (unpaired) electrons. The summed E-state index contributed by atoms with van der Waals surface area (Å²) in [5, 5.41) is 6.76. The van der Waals surface area contributed by atoms with Gasteiger partial charge in [0.1, 0.15) is 0 Å². The molecular formula is C33H36N4O3. The van der Waals surface area contributed by atoms with Crippen LogP contribution in [0.2, 0.25) is 0 Å². The number of amides is 2. The Morgan fingerprint density at radius 3 is 2.30 bits per heavy atom. The molecule has 4 rings (SSSR count). The molecule has 1 fully saturated rings. The van der Waals surface area contributed by atoms with E-state index in [1.54, 1.807) is 6.20 Å². The number of carbonyl (C=O) groups excluding carboxylic acids is 3. The molecule has 2 heterocycles. The number of nitrogens with one attached hydrogen (secondary N) is 2. The van der Waals surface area contributed by atoms with Gasteiger partial charge in [0.15, 0.2) is 5.78 Å². The van der Waals surface area contributed by atoms with Gasteiger partial charge in [-0.2, -0.15) is 0 Å². The summed E-state index contributed by atoms with van der Waals surface area (Å²) in [6.07, 6.45) is 2.84. The molecular weight excluding hydrogens is 500 g/mol. The van der Waals surface area contributed by atoms with Gasteiger partial charge < -0.3 is 10.6 Å². The first-order valence-corrected chi connectivity index (χ1v) is 13.6. The molecule has 2 aromatic carbocycles. The zero-order valence-corrected chi connectivity index (χ0v) is 22.9. The van der Waals surface area contributed by atoms with E-state index in [0.29, 0.717) is 24.2 Å². The largest absolute Gasteiger partial charge is 0.379 e. The fourth-order valence-electron chi connectivity index (χ4n) is 4.95. The molecule has 0 aliphatic carbocycles. The van der Waals surface area contributed by atoms with E-state index >= 15 is 0 Å². The van der Waals surface area contributed by atoms with Crippen LogP contribution < -0.4 is 10.6 Å². The Morgan fingerprint density at radius 1 is 0.975 bits per heavy atom. The van der Waals surface area contributed by atoms with Crippen LogP contribution in [-0.4, -0.2) is 33.5 Å². The number of imide groups is 1. The monoisotopic (exact) mass is 536 g/mol. The van der Waals surface area contributed by atoms with Gasteiger partial charge >= 0.3 is 0 Å². The van der Waals surface area contributed by atoms with E-state index in [-0.39, 0.29) is 43.0 Å². The van der Waals surface area contributed by atoms with Crippen molar-refractivity contribution in [2.75, 3.05) is 0 Å². The minimum atomic E-state index is -0.631. The summed E-state index contributed by atoms with van der Waals surface area (Å²) in [6, 6.07) is 24.4. The van der Waals surface area contributed by atoms with Crippen LogP contribution in [0.1, 0.15) is 55.5 Å². The Morgan fingerprint density at radius 2 is 1.65 bits per heavy atom. The number of benzene rings is 2. The van der Waals surface area contributed by atoms with Crippen molar-refractivity contribution >= 4 is 23.3 Å². The molecule has 1 aromatic heterocycles. The second-order valence-corrected chi connectivity index (χ2v) is 10.1. The molecule has 7 heteroatoms. The van der Waals surface area contributed by atoms with Gasteiger partial charge in [0.2, 0.25) is 11.8 Å². The topological polar surface area (TPSA) is 91.4 Å². The zero-order valence-electron chi connectivity index (χ0n) is 22.9. The van der Waals surface area contributed by atoms with Gasteiger partial charge in [0.25, 0.3) is 0 Å². The highest BCUT2D eigenvalue weighted by Gasteiger charge is 2.40. The first-order chi connectivity index (χ1) is 19.4. The fourth-order valence-corrected chi connectivity index (χ4v) is 4.95. The molecule has 2 N–H and O–H groups in total. The molecule has 0 saturated carbocycles. The van der Waals surface area contributed by atoms with E-state index in [0.717, 1.165) is 16.8 Å². The van der Waals surface area contributed by atoms with E-state index in [2.05, 4.69) is 28.8 Å². The third-order valence-corrected chi connectivity index (χ3v) is 7.12. The molecule has 206 valence electrons. The van der Waals surface area contributed by atoms with Crippen LogP contribution in [0, 0.1) is 5.92 Å². The number of nitrogens with zero attached hydrogens (tertiary/aromatic N) is 2. The van der Waals surface area contributed by atoms with Gasteiger partial charge in [-0.1, -0.05) is 86.8 Å². The van der Waals surface area contributed by atoms with E-state index in [1.165, 1.54) is 4.90 Å². The third-order valence-electron chi connectivity index (χ3n) is 7.12.